The summed E-state index contributed by atoms with van der Waals surface area (Å²) in [6.07, 6.45) is 7.98. The Bertz CT molecular complexity index is 1740. The molecule has 0 radical (unpaired) electrons. The summed E-state index contributed by atoms with van der Waals surface area (Å²) in [4.78, 5) is 15.6. The summed E-state index contributed by atoms with van der Waals surface area (Å²) < 4.78 is 14.7. The Morgan fingerprint density at radius 3 is 2.57 bits per heavy atom. The van der Waals surface area contributed by atoms with Gasteiger partial charge in [-0.1, -0.05) is 51.1 Å². The highest BCUT2D eigenvalue weighted by Crippen LogP contribution is 2.51. The molecule has 2 atom stereocenters. The van der Waals surface area contributed by atoms with Gasteiger partial charge < -0.3 is 30.3 Å². The van der Waals surface area contributed by atoms with E-state index >= 15 is 0 Å². The lowest BCUT2D eigenvalue weighted by Gasteiger charge is -2.32. The molecular formula is C39H53N7O3. The zero-order chi connectivity index (χ0) is 34.6. The lowest BCUT2D eigenvalue weighted by Crippen LogP contribution is -2.35. The van der Waals surface area contributed by atoms with Gasteiger partial charge in [0.25, 0.3) is 0 Å². The summed E-state index contributed by atoms with van der Waals surface area (Å²) in [6, 6.07) is 18.2. The average Bonchev–Trinajstić information content (AvgIpc) is 3.72. The van der Waals surface area contributed by atoms with Crippen molar-refractivity contribution in [1.82, 2.24) is 30.1 Å². The molecule has 1 fully saturated rings. The Morgan fingerprint density at radius 1 is 1.04 bits per heavy atom. The van der Waals surface area contributed by atoms with Crippen molar-refractivity contribution in [2.75, 3.05) is 46.2 Å². The summed E-state index contributed by atoms with van der Waals surface area (Å²) in [5, 5.41) is 18.7. The number of aromatic nitrogens is 3. The van der Waals surface area contributed by atoms with Gasteiger partial charge in [-0.15, -0.1) is 10.2 Å². The minimum atomic E-state index is -0.223. The number of amides is 2. The van der Waals surface area contributed by atoms with E-state index in [0.717, 1.165) is 96.8 Å². The summed E-state index contributed by atoms with van der Waals surface area (Å²) in [5.74, 6) is 1.84. The number of anilines is 1. The molecule has 49 heavy (non-hydrogen) atoms. The average molecular weight is 668 g/mol. The van der Waals surface area contributed by atoms with Gasteiger partial charge in [-0.3, -0.25) is 4.40 Å². The molecule has 2 aliphatic rings. The van der Waals surface area contributed by atoms with E-state index in [9.17, 15) is 4.79 Å². The number of ether oxygens (including phenoxy) is 2. The quantitative estimate of drug-likeness (QED) is 0.126. The zero-order valence-electron chi connectivity index (χ0n) is 30.0. The fourth-order valence-electron chi connectivity index (χ4n) is 6.87. The minimum absolute atomic E-state index is 0.0734. The highest BCUT2D eigenvalue weighted by Gasteiger charge is 2.47. The first-order chi connectivity index (χ1) is 23.5. The van der Waals surface area contributed by atoms with Crippen LogP contribution in [0.3, 0.4) is 0 Å². The van der Waals surface area contributed by atoms with Crippen LogP contribution >= 0.6 is 0 Å². The number of likely N-dealkylation sites (N-methyl/N-ethyl adjacent to an activating group) is 1. The molecule has 4 aromatic rings. The van der Waals surface area contributed by atoms with Gasteiger partial charge in [0.2, 0.25) is 0 Å². The molecule has 0 aliphatic heterocycles. The molecule has 262 valence electrons. The van der Waals surface area contributed by atoms with Crippen LogP contribution in [0.5, 0.6) is 5.75 Å². The zero-order valence-corrected chi connectivity index (χ0v) is 30.0. The first-order valence-electron chi connectivity index (χ1n) is 17.7. The number of pyridine rings is 1. The Kier molecular flexibility index (Phi) is 10.6. The third-order valence-corrected chi connectivity index (χ3v) is 9.87. The predicted octanol–water partition coefficient (Wildman–Crippen LogP) is 6.91. The molecule has 2 aromatic carbocycles. The normalized spacial score (nSPS) is 18.3. The molecule has 2 aromatic heterocycles. The van der Waals surface area contributed by atoms with Crippen LogP contribution in [0, 0.1) is 0 Å². The highest BCUT2D eigenvalue weighted by molar-refractivity contribution is 5.89. The van der Waals surface area contributed by atoms with Gasteiger partial charge in [-0.05, 0) is 118 Å². The second-order valence-corrected chi connectivity index (χ2v) is 15.1. The topological polar surface area (TPSA) is 105 Å². The number of fused-ring (bicyclic) bond motifs is 2. The van der Waals surface area contributed by atoms with E-state index < -0.39 is 0 Å². The van der Waals surface area contributed by atoms with Gasteiger partial charge in [0, 0.05) is 17.6 Å². The van der Waals surface area contributed by atoms with Gasteiger partial charge in [0.1, 0.15) is 17.7 Å². The summed E-state index contributed by atoms with van der Waals surface area (Å²) in [6.45, 7) is 9.55. The second-order valence-electron chi connectivity index (χ2n) is 15.1. The maximum Gasteiger partial charge on any atom is 0.319 e. The molecule has 2 aliphatic carbocycles. The number of hydrogen-bond acceptors (Lipinski definition) is 7. The first kappa shape index (κ1) is 34.9. The molecule has 0 saturated heterocycles. The number of carbonyl (C=O) groups excluding carboxylic acids is 1. The second kappa shape index (κ2) is 14.9. The van der Waals surface area contributed by atoms with Crippen molar-refractivity contribution < 1.29 is 14.3 Å². The van der Waals surface area contributed by atoms with Gasteiger partial charge in [0.15, 0.2) is 5.65 Å². The van der Waals surface area contributed by atoms with Crippen molar-refractivity contribution in [3.63, 3.8) is 0 Å². The molecule has 2 heterocycles. The molecule has 0 unspecified atom stereocenters. The van der Waals surface area contributed by atoms with Gasteiger partial charge >= 0.3 is 6.03 Å². The molecule has 1 saturated carbocycles. The maximum atomic E-state index is 13.5. The van der Waals surface area contributed by atoms with E-state index in [1.54, 1.807) is 0 Å². The summed E-state index contributed by atoms with van der Waals surface area (Å²) >= 11 is 0. The Labute approximate surface area is 291 Å². The van der Waals surface area contributed by atoms with Crippen molar-refractivity contribution in [2.45, 2.75) is 88.9 Å². The van der Waals surface area contributed by atoms with Crippen LogP contribution in [-0.4, -0.2) is 66.4 Å². The number of nitrogens with zero attached hydrogens (tertiary/aromatic N) is 4. The number of carbonyl (C=O) groups is 1. The van der Waals surface area contributed by atoms with Crippen LogP contribution in [0.1, 0.15) is 99.5 Å². The lowest BCUT2D eigenvalue weighted by molar-refractivity contribution is 0.105. The fourth-order valence-corrected chi connectivity index (χ4v) is 6.87. The van der Waals surface area contributed by atoms with Gasteiger partial charge in [0.05, 0.1) is 25.5 Å². The molecule has 0 bridgehead atoms. The SMILES string of the molecule is CNCCCC1(c2nnc3ccc(O[C@@H]4CC[C@H](NC(=O)Nc5cc(COCCN(C)C)cc(C(C)(C)C)c5)c5ccccc54)cn23)CC1. The van der Waals surface area contributed by atoms with E-state index in [-0.39, 0.29) is 29.0 Å². The van der Waals surface area contributed by atoms with Crippen molar-refractivity contribution >= 4 is 17.4 Å². The van der Waals surface area contributed by atoms with E-state index in [1.165, 1.54) is 0 Å². The van der Waals surface area contributed by atoms with Crippen molar-refractivity contribution in [3.05, 3.63) is 88.9 Å². The number of hydrogen-bond donors (Lipinski definition) is 3. The van der Waals surface area contributed by atoms with Crippen LogP contribution in [0.4, 0.5) is 10.5 Å². The van der Waals surface area contributed by atoms with Crippen LogP contribution in [0.25, 0.3) is 5.65 Å². The van der Waals surface area contributed by atoms with Crippen molar-refractivity contribution in [1.29, 1.82) is 0 Å². The molecule has 10 heteroatoms. The minimum Gasteiger partial charge on any atom is -0.484 e. The molecule has 6 rings (SSSR count). The van der Waals surface area contributed by atoms with Crippen molar-refractivity contribution in [2.24, 2.45) is 0 Å². The van der Waals surface area contributed by atoms with Gasteiger partial charge in [-0.25, -0.2) is 4.79 Å². The van der Waals surface area contributed by atoms with Crippen LogP contribution in [-0.2, 0) is 22.2 Å². The van der Waals surface area contributed by atoms with Gasteiger partial charge in [-0.2, -0.15) is 0 Å². The smallest absolute Gasteiger partial charge is 0.319 e. The van der Waals surface area contributed by atoms with E-state index in [4.69, 9.17) is 9.47 Å². The molecule has 3 N–H and O–H groups in total. The first-order valence-corrected chi connectivity index (χ1v) is 17.7. The molecule has 0 spiro atoms. The number of nitrogens with one attached hydrogen (secondary N) is 3. The Balaban J connectivity index is 1.14. The Morgan fingerprint density at radius 2 is 1.84 bits per heavy atom. The third-order valence-electron chi connectivity index (χ3n) is 9.87. The van der Waals surface area contributed by atoms with Crippen LogP contribution < -0.4 is 20.7 Å². The molecular weight excluding hydrogens is 614 g/mol. The molecule has 2 amide bonds. The van der Waals surface area contributed by atoms with E-state index in [1.807, 2.05) is 51.5 Å². The van der Waals surface area contributed by atoms with E-state index in [2.05, 4.69) is 86.7 Å². The lowest BCUT2D eigenvalue weighted by atomic mass is 9.85. The maximum absolute atomic E-state index is 13.5. The standard InChI is InChI=1S/C39H53N7O3/c1-38(2,3)28-22-27(26-48-21-20-45(5)6)23-29(24-28)41-37(47)42-33-13-14-34(32-11-8-7-10-31(32)33)49-30-12-15-35-43-44-36(46(35)25-30)39(17-18-39)16-9-19-40-4/h7-8,10-12,15,22-25,33-34,40H,9,13-14,16-21,26H2,1-6H3,(H2,41,42,47)/t33-,34+/m0/s1. The number of rotatable bonds is 14. The summed E-state index contributed by atoms with van der Waals surface area (Å²) in [7, 11) is 6.07. The van der Waals surface area contributed by atoms with E-state index in [0.29, 0.717) is 13.2 Å². The Hall–Kier alpha value is -3.99. The molecule has 10 nitrogen and oxygen atoms in total. The summed E-state index contributed by atoms with van der Waals surface area (Å²) in [5.41, 5.74) is 6.02. The number of benzene rings is 2. The van der Waals surface area contributed by atoms with Crippen molar-refractivity contribution in [3.8, 4) is 5.75 Å². The third kappa shape index (κ3) is 8.43. The fraction of sp³-hybridized carbons (Fsp3) is 0.513. The van der Waals surface area contributed by atoms with Crippen LogP contribution in [0.2, 0.25) is 0 Å². The van der Waals surface area contributed by atoms with Crippen LogP contribution in [0.15, 0.2) is 60.8 Å². The monoisotopic (exact) mass is 667 g/mol. The largest absolute Gasteiger partial charge is 0.484 e. The predicted molar refractivity (Wildman–Crippen MR) is 194 cm³/mol. The highest BCUT2D eigenvalue weighted by atomic mass is 16.5. The number of urea groups is 1.